The summed E-state index contributed by atoms with van der Waals surface area (Å²) < 4.78 is 5.56. The van der Waals surface area contributed by atoms with Gasteiger partial charge in [-0.1, -0.05) is 81.8 Å². The van der Waals surface area contributed by atoms with Crippen LogP contribution in [0.5, 0.6) is 5.75 Å². The molecule has 2 aromatic rings. The zero-order valence-electron chi connectivity index (χ0n) is 18.1. The Morgan fingerprint density at radius 2 is 1.58 bits per heavy atom. The quantitative estimate of drug-likeness (QED) is 0.408. The summed E-state index contributed by atoms with van der Waals surface area (Å²) in [7, 11) is 0. The first-order chi connectivity index (χ1) is 14.9. The maximum Gasteiger partial charge on any atom is 0.312 e. The van der Waals surface area contributed by atoms with Crippen LogP contribution in [0.2, 0.25) is 0 Å². The van der Waals surface area contributed by atoms with Crippen LogP contribution >= 0.6 is 0 Å². The largest absolute Gasteiger partial charge is 0.508 e. The van der Waals surface area contributed by atoms with Crippen molar-refractivity contribution in [2.24, 2.45) is 5.92 Å². The van der Waals surface area contributed by atoms with Gasteiger partial charge in [0, 0.05) is 12.0 Å². The molecule has 3 atom stereocenters. The molecule has 5 heteroatoms. The molecule has 3 N–H and O–H groups in total. The van der Waals surface area contributed by atoms with Gasteiger partial charge in [0.25, 0.3) is 0 Å². The normalized spacial score (nSPS) is 25.7. The first-order valence-corrected chi connectivity index (χ1v) is 11.5. The van der Waals surface area contributed by atoms with E-state index in [0.29, 0.717) is 23.3 Å². The predicted octanol–water partition coefficient (Wildman–Crippen LogP) is 4.49. The van der Waals surface area contributed by atoms with Crippen molar-refractivity contribution in [3.8, 4) is 5.75 Å². The van der Waals surface area contributed by atoms with E-state index >= 15 is 0 Å². The summed E-state index contributed by atoms with van der Waals surface area (Å²) in [6.07, 6.45) is 7.83. The van der Waals surface area contributed by atoms with Crippen LogP contribution in [0.3, 0.4) is 0 Å². The molecule has 2 aromatic carbocycles. The van der Waals surface area contributed by atoms with Crippen molar-refractivity contribution in [1.82, 2.24) is 0 Å². The molecule has 0 aromatic heterocycles. The lowest BCUT2D eigenvalue weighted by Gasteiger charge is -2.53. The minimum Gasteiger partial charge on any atom is -0.508 e. The van der Waals surface area contributed by atoms with Crippen molar-refractivity contribution < 1.29 is 24.9 Å². The number of hydrogen-bond donors (Lipinski definition) is 3. The van der Waals surface area contributed by atoms with Gasteiger partial charge in [-0.2, -0.15) is 0 Å². The zero-order chi connectivity index (χ0) is 22.1. The number of esters is 1. The fraction of sp³-hybridized carbons (Fsp3) is 0.500. The van der Waals surface area contributed by atoms with Crippen LogP contribution in [0.25, 0.3) is 0 Å². The molecule has 3 aliphatic carbocycles. The lowest BCUT2D eigenvalue weighted by atomic mass is 9.54. The van der Waals surface area contributed by atoms with Crippen LogP contribution in [0.4, 0.5) is 0 Å². The summed E-state index contributed by atoms with van der Waals surface area (Å²) in [5, 5.41) is 34.1. The van der Waals surface area contributed by atoms with E-state index in [1.54, 1.807) is 36.4 Å². The Balaban J connectivity index is 1.53. The maximum atomic E-state index is 13.1. The molecule has 3 aliphatic rings. The number of carbonyl (C=O) groups excluding carboxylic acids is 1. The van der Waals surface area contributed by atoms with Crippen molar-refractivity contribution in [1.29, 1.82) is 0 Å². The molecule has 2 bridgehead atoms. The van der Waals surface area contributed by atoms with Crippen molar-refractivity contribution in [3.63, 3.8) is 0 Å². The molecule has 0 amide bonds. The molecule has 3 unspecified atom stereocenters. The van der Waals surface area contributed by atoms with E-state index in [-0.39, 0.29) is 17.7 Å². The summed E-state index contributed by atoms with van der Waals surface area (Å²) in [5.74, 6) is -1.52. The Labute approximate surface area is 183 Å². The number of hydrogen-bond acceptors (Lipinski definition) is 5. The first-order valence-electron chi connectivity index (χ1n) is 11.5. The van der Waals surface area contributed by atoms with Gasteiger partial charge in [0.1, 0.15) is 17.0 Å². The molecule has 0 fully saturated rings. The van der Waals surface area contributed by atoms with Gasteiger partial charge in [-0.3, -0.25) is 4.79 Å². The van der Waals surface area contributed by atoms with E-state index in [4.69, 9.17) is 4.74 Å². The summed E-state index contributed by atoms with van der Waals surface area (Å²) >= 11 is 0. The number of fused-ring (bicyclic) bond motifs is 1. The molecule has 0 saturated heterocycles. The smallest absolute Gasteiger partial charge is 0.312 e. The lowest BCUT2D eigenvalue weighted by molar-refractivity contribution is -0.167. The topological polar surface area (TPSA) is 87.0 Å². The lowest BCUT2D eigenvalue weighted by Crippen LogP contribution is -2.57. The highest BCUT2D eigenvalue weighted by Gasteiger charge is 2.63. The van der Waals surface area contributed by atoms with Crippen molar-refractivity contribution in [3.05, 3.63) is 64.7 Å². The molecule has 0 radical (unpaired) electrons. The number of carbonyl (C=O) groups is 1. The standard InChI is InChI=1S/C26H32O5/c1-2-3-4-5-6-7-10-16-31-24(28)21-17-25(29)18-12-8-9-13-19(18)26(21,30)20-14-11-15-22(27)23(20)25/h8-9,11-15,21,27,29-30H,2-7,10,16-17H2,1H3. The zero-order valence-corrected chi connectivity index (χ0v) is 18.1. The third-order valence-corrected chi connectivity index (χ3v) is 6.93. The SMILES string of the molecule is CCCCCCCCCOC(=O)C1CC2(O)c3ccccc3C1(O)c1cccc(O)c12. The van der Waals surface area contributed by atoms with Crippen LogP contribution in [-0.2, 0) is 20.7 Å². The number of unbranched alkanes of at least 4 members (excludes halogenated alkanes) is 6. The highest BCUT2D eigenvalue weighted by Crippen LogP contribution is 2.61. The van der Waals surface area contributed by atoms with Crippen LogP contribution < -0.4 is 0 Å². The summed E-state index contributed by atoms with van der Waals surface area (Å²) in [6, 6.07) is 11.8. The average Bonchev–Trinajstić information content (AvgIpc) is 2.77. The second-order valence-electron chi connectivity index (χ2n) is 8.92. The number of phenols is 1. The number of rotatable bonds is 9. The summed E-state index contributed by atoms with van der Waals surface area (Å²) in [5.41, 5.74) is -1.51. The maximum absolute atomic E-state index is 13.1. The number of ether oxygens (including phenoxy) is 1. The molecular formula is C26H32O5. The minimum atomic E-state index is -1.65. The molecule has 0 aliphatic heterocycles. The highest BCUT2D eigenvalue weighted by molar-refractivity contribution is 5.80. The van der Waals surface area contributed by atoms with Crippen LogP contribution in [0.15, 0.2) is 42.5 Å². The van der Waals surface area contributed by atoms with E-state index in [0.717, 1.165) is 19.3 Å². The molecule has 5 rings (SSSR count). The van der Waals surface area contributed by atoms with E-state index in [1.807, 2.05) is 0 Å². The molecule has 0 heterocycles. The monoisotopic (exact) mass is 424 g/mol. The van der Waals surface area contributed by atoms with E-state index in [2.05, 4.69) is 6.92 Å². The fourth-order valence-electron chi connectivity index (χ4n) is 5.37. The van der Waals surface area contributed by atoms with Crippen LogP contribution in [0.1, 0.15) is 80.5 Å². The minimum absolute atomic E-state index is 0.0268. The van der Waals surface area contributed by atoms with Gasteiger partial charge in [-0.05, 0) is 29.2 Å². The third-order valence-electron chi connectivity index (χ3n) is 6.93. The fourth-order valence-corrected chi connectivity index (χ4v) is 5.37. The summed E-state index contributed by atoms with van der Waals surface area (Å²) in [6.45, 7) is 2.51. The van der Waals surface area contributed by atoms with Gasteiger partial charge in [0.2, 0.25) is 0 Å². The number of phenolic OH excluding ortho intramolecular Hbond substituents is 1. The molecular weight excluding hydrogens is 392 g/mol. The second kappa shape index (κ2) is 8.64. The number of aliphatic hydroxyl groups is 2. The van der Waals surface area contributed by atoms with Gasteiger partial charge in [-0.25, -0.2) is 0 Å². The van der Waals surface area contributed by atoms with Gasteiger partial charge in [0.15, 0.2) is 0 Å². The molecule has 166 valence electrons. The van der Waals surface area contributed by atoms with Crippen molar-refractivity contribution in [2.45, 2.75) is 69.5 Å². The number of aromatic hydroxyl groups is 1. The Morgan fingerprint density at radius 1 is 0.935 bits per heavy atom. The Bertz CT molecular complexity index is 955. The number of benzene rings is 2. The first kappa shape index (κ1) is 21.8. The Kier molecular flexibility index (Phi) is 6.09. The Morgan fingerprint density at radius 3 is 2.32 bits per heavy atom. The predicted molar refractivity (Wildman–Crippen MR) is 118 cm³/mol. The third kappa shape index (κ3) is 3.54. The Hall–Kier alpha value is -2.37. The second-order valence-corrected chi connectivity index (χ2v) is 8.92. The molecule has 5 nitrogen and oxygen atoms in total. The van der Waals surface area contributed by atoms with E-state index < -0.39 is 23.1 Å². The van der Waals surface area contributed by atoms with Crippen LogP contribution in [0, 0.1) is 5.92 Å². The van der Waals surface area contributed by atoms with Crippen molar-refractivity contribution >= 4 is 5.97 Å². The average molecular weight is 425 g/mol. The summed E-state index contributed by atoms with van der Waals surface area (Å²) in [4.78, 5) is 13.1. The van der Waals surface area contributed by atoms with Crippen LogP contribution in [-0.4, -0.2) is 27.9 Å². The van der Waals surface area contributed by atoms with Gasteiger partial charge in [0.05, 0.1) is 12.5 Å². The van der Waals surface area contributed by atoms with Gasteiger partial charge >= 0.3 is 5.97 Å². The highest BCUT2D eigenvalue weighted by atomic mass is 16.5. The van der Waals surface area contributed by atoms with E-state index in [1.165, 1.54) is 31.7 Å². The van der Waals surface area contributed by atoms with Gasteiger partial charge < -0.3 is 20.1 Å². The van der Waals surface area contributed by atoms with Gasteiger partial charge in [-0.15, -0.1) is 0 Å². The molecule has 0 spiro atoms. The van der Waals surface area contributed by atoms with Crippen molar-refractivity contribution in [2.75, 3.05) is 6.61 Å². The molecule has 31 heavy (non-hydrogen) atoms. The van der Waals surface area contributed by atoms with E-state index in [9.17, 15) is 20.1 Å². The molecule has 0 saturated carbocycles.